The highest BCUT2D eigenvalue weighted by molar-refractivity contribution is 7.12. The van der Waals surface area contributed by atoms with Crippen LogP contribution in [0.4, 0.5) is 0 Å². The Morgan fingerprint density at radius 1 is 1.29 bits per heavy atom. The van der Waals surface area contributed by atoms with Gasteiger partial charge in [0.2, 0.25) is 5.91 Å². The zero-order chi connectivity index (χ0) is 15.4. The minimum absolute atomic E-state index is 0.126. The summed E-state index contributed by atoms with van der Waals surface area (Å²) < 4.78 is 0. The lowest BCUT2D eigenvalue weighted by Gasteiger charge is -2.25. The van der Waals surface area contributed by atoms with Crippen molar-refractivity contribution in [3.63, 3.8) is 0 Å². The summed E-state index contributed by atoms with van der Waals surface area (Å²) in [5, 5.41) is 3.47. The standard InChI is InChI=1S/C17H28N2OS/c1-5-19(6-2)17(20)13(4)18-12(3)16-11-14-9-7-8-10-15(14)21-16/h11-13,18H,5-10H2,1-4H3. The number of hydrogen-bond acceptors (Lipinski definition) is 3. The van der Waals surface area contributed by atoms with Crippen LogP contribution in [0.15, 0.2) is 6.07 Å². The van der Waals surface area contributed by atoms with Crippen LogP contribution in [0.3, 0.4) is 0 Å². The Morgan fingerprint density at radius 3 is 2.57 bits per heavy atom. The van der Waals surface area contributed by atoms with Crippen LogP contribution in [0.2, 0.25) is 0 Å². The van der Waals surface area contributed by atoms with E-state index in [1.165, 1.54) is 36.1 Å². The number of thiophene rings is 1. The molecule has 1 aliphatic carbocycles. The van der Waals surface area contributed by atoms with Crippen LogP contribution in [0.1, 0.15) is 61.9 Å². The molecule has 3 nitrogen and oxygen atoms in total. The summed E-state index contributed by atoms with van der Waals surface area (Å²) in [7, 11) is 0. The molecule has 0 radical (unpaired) electrons. The fourth-order valence-electron chi connectivity index (χ4n) is 3.06. The molecule has 2 rings (SSSR count). The molecular weight excluding hydrogens is 280 g/mol. The highest BCUT2D eigenvalue weighted by atomic mass is 32.1. The lowest BCUT2D eigenvalue weighted by atomic mass is 9.99. The number of hydrogen-bond donors (Lipinski definition) is 1. The lowest BCUT2D eigenvalue weighted by molar-refractivity contribution is -0.132. The number of amides is 1. The smallest absolute Gasteiger partial charge is 0.239 e. The number of nitrogens with zero attached hydrogens (tertiary/aromatic N) is 1. The minimum Gasteiger partial charge on any atom is -0.342 e. The topological polar surface area (TPSA) is 32.3 Å². The number of aryl methyl sites for hydroxylation is 2. The molecule has 1 heterocycles. The third kappa shape index (κ3) is 3.86. The first-order valence-corrected chi connectivity index (χ1v) is 9.04. The fraction of sp³-hybridized carbons (Fsp3) is 0.706. The maximum Gasteiger partial charge on any atom is 0.239 e. The SMILES string of the molecule is CCN(CC)C(=O)C(C)NC(C)c1cc2c(s1)CCCC2. The molecule has 0 saturated heterocycles. The molecule has 1 aromatic heterocycles. The van der Waals surface area contributed by atoms with Crippen LogP contribution in [0.25, 0.3) is 0 Å². The van der Waals surface area contributed by atoms with Gasteiger partial charge >= 0.3 is 0 Å². The van der Waals surface area contributed by atoms with Crippen molar-refractivity contribution in [1.82, 2.24) is 10.2 Å². The Bertz CT molecular complexity index is 456. The Kier molecular flexibility index (Phi) is 5.82. The predicted octanol–water partition coefficient (Wildman–Crippen LogP) is 3.53. The normalized spacial score (nSPS) is 17.1. The Labute approximate surface area is 132 Å². The average Bonchev–Trinajstić information content (AvgIpc) is 2.92. The van der Waals surface area contributed by atoms with E-state index in [0.717, 1.165) is 13.1 Å². The van der Waals surface area contributed by atoms with E-state index in [-0.39, 0.29) is 18.0 Å². The highest BCUT2D eigenvalue weighted by Crippen LogP contribution is 2.32. The van der Waals surface area contributed by atoms with Crippen molar-refractivity contribution < 1.29 is 4.79 Å². The van der Waals surface area contributed by atoms with E-state index < -0.39 is 0 Å². The summed E-state index contributed by atoms with van der Waals surface area (Å²) in [6.07, 6.45) is 5.11. The highest BCUT2D eigenvalue weighted by Gasteiger charge is 2.22. The Hall–Kier alpha value is -0.870. The third-order valence-electron chi connectivity index (χ3n) is 4.39. The fourth-order valence-corrected chi connectivity index (χ4v) is 4.33. The number of carbonyl (C=O) groups is 1. The molecular formula is C17H28N2OS. The average molecular weight is 308 g/mol. The largest absolute Gasteiger partial charge is 0.342 e. The van der Waals surface area contributed by atoms with E-state index in [2.05, 4.69) is 18.3 Å². The minimum atomic E-state index is -0.126. The van der Waals surface area contributed by atoms with Gasteiger partial charge in [-0.1, -0.05) is 0 Å². The van der Waals surface area contributed by atoms with Crippen LogP contribution < -0.4 is 5.32 Å². The molecule has 0 bridgehead atoms. The van der Waals surface area contributed by atoms with Gasteiger partial charge in [-0.15, -0.1) is 11.3 Å². The number of likely N-dealkylation sites (N-methyl/N-ethyl adjacent to an activating group) is 1. The molecule has 4 heteroatoms. The first-order chi connectivity index (χ1) is 10.1. The van der Waals surface area contributed by atoms with Crippen molar-refractivity contribution in [3.8, 4) is 0 Å². The number of fused-ring (bicyclic) bond motifs is 1. The van der Waals surface area contributed by atoms with Gasteiger partial charge in [0.1, 0.15) is 0 Å². The van der Waals surface area contributed by atoms with Crippen molar-refractivity contribution in [2.45, 2.75) is 65.5 Å². The second kappa shape index (κ2) is 7.41. The van der Waals surface area contributed by atoms with Crippen molar-refractivity contribution in [3.05, 3.63) is 21.4 Å². The van der Waals surface area contributed by atoms with Gasteiger partial charge in [0.25, 0.3) is 0 Å². The summed E-state index contributed by atoms with van der Waals surface area (Å²) in [5.74, 6) is 0.202. The second-order valence-electron chi connectivity index (χ2n) is 5.92. The van der Waals surface area contributed by atoms with E-state index in [1.54, 1.807) is 4.88 Å². The summed E-state index contributed by atoms with van der Waals surface area (Å²) >= 11 is 1.93. The molecule has 2 unspecified atom stereocenters. The van der Waals surface area contributed by atoms with E-state index >= 15 is 0 Å². The van der Waals surface area contributed by atoms with Gasteiger partial charge < -0.3 is 4.90 Å². The molecule has 0 aliphatic heterocycles. The van der Waals surface area contributed by atoms with Gasteiger partial charge in [0.15, 0.2) is 0 Å². The van der Waals surface area contributed by atoms with Crippen LogP contribution in [0, 0.1) is 0 Å². The zero-order valence-corrected chi connectivity index (χ0v) is 14.6. The molecule has 1 aromatic rings. The molecule has 1 aliphatic rings. The van der Waals surface area contributed by atoms with E-state index in [0.29, 0.717) is 0 Å². The lowest BCUT2D eigenvalue weighted by Crippen LogP contribution is -2.45. The van der Waals surface area contributed by atoms with E-state index in [4.69, 9.17) is 0 Å². The molecule has 1 N–H and O–H groups in total. The second-order valence-corrected chi connectivity index (χ2v) is 7.09. The summed E-state index contributed by atoms with van der Waals surface area (Å²) in [6, 6.07) is 2.47. The first-order valence-electron chi connectivity index (χ1n) is 8.23. The predicted molar refractivity (Wildman–Crippen MR) is 89.9 cm³/mol. The molecule has 1 amide bonds. The molecule has 2 atom stereocenters. The van der Waals surface area contributed by atoms with E-state index in [1.807, 2.05) is 37.0 Å². The third-order valence-corrected chi connectivity index (χ3v) is 5.81. The van der Waals surface area contributed by atoms with E-state index in [9.17, 15) is 4.79 Å². The van der Waals surface area contributed by atoms with Crippen LogP contribution >= 0.6 is 11.3 Å². The van der Waals surface area contributed by atoms with Crippen molar-refractivity contribution >= 4 is 17.2 Å². The van der Waals surface area contributed by atoms with Crippen molar-refractivity contribution in [1.29, 1.82) is 0 Å². The summed E-state index contributed by atoms with van der Waals surface area (Å²) in [6.45, 7) is 9.77. The van der Waals surface area contributed by atoms with Crippen LogP contribution in [-0.2, 0) is 17.6 Å². The van der Waals surface area contributed by atoms with Crippen LogP contribution in [0.5, 0.6) is 0 Å². The Morgan fingerprint density at radius 2 is 1.95 bits per heavy atom. The molecule has 0 spiro atoms. The summed E-state index contributed by atoms with van der Waals surface area (Å²) in [5.41, 5.74) is 1.54. The number of rotatable bonds is 6. The van der Waals surface area contributed by atoms with Crippen molar-refractivity contribution in [2.75, 3.05) is 13.1 Å². The summed E-state index contributed by atoms with van der Waals surface area (Å²) in [4.78, 5) is 17.2. The van der Waals surface area contributed by atoms with Gasteiger partial charge in [-0.2, -0.15) is 0 Å². The first kappa shape index (κ1) is 16.5. The van der Waals surface area contributed by atoms with Gasteiger partial charge in [-0.25, -0.2) is 0 Å². The quantitative estimate of drug-likeness (QED) is 0.872. The van der Waals surface area contributed by atoms with Gasteiger partial charge in [-0.05, 0) is 65.0 Å². The molecule has 0 saturated carbocycles. The Balaban J connectivity index is 1.98. The number of carbonyl (C=O) groups excluding carboxylic acids is 1. The number of nitrogens with one attached hydrogen (secondary N) is 1. The molecule has 118 valence electrons. The molecule has 0 fully saturated rings. The zero-order valence-electron chi connectivity index (χ0n) is 13.7. The maximum atomic E-state index is 12.3. The molecule has 0 aromatic carbocycles. The van der Waals surface area contributed by atoms with Crippen LogP contribution in [-0.4, -0.2) is 29.9 Å². The van der Waals surface area contributed by atoms with Gasteiger partial charge in [-0.3, -0.25) is 10.1 Å². The van der Waals surface area contributed by atoms with Gasteiger partial charge in [0, 0.05) is 28.9 Å². The molecule has 21 heavy (non-hydrogen) atoms. The van der Waals surface area contributed by atoms with Crippen molar-refractivity contribution in [2.24, 2.45) is 0 Å². The monoisotopic (exact) mass is 308 g/mol. The maximum absolute atomic E-state index is 12.3. The van der Waals surface area contributed by atoms with Gasteiger partial charge in [0.05, 0.1) is 6.04 Å².